The Kier molecular flexibility index (Phi) is 3.55. The standard InChI is InChI=1S/C9H15NO3S/c1-4(2)8(11)6-5(14)3-10-7(6)9(12)13/h4-7,10,14H,3H2,1-2H3,(H,12,13)/t5?,6?,7-/m0/s1. The highest BCUT2D eigenvalue weighted by atomic mass is 32.1. The third kappa shape index (κ3) is 2.09. The van der Waals surface area contributed by atoms with Crippen molar-refractivity contribution in [3.63, 3.8) is 0 Å². The van der Waals surface area contributed by atoms with Crippen molar-refractivity contribution in [3.05, 3.63) is 0 Å². The lowest BCUT2D eigenvalue weighted by atomic mass is 9.89. The van der Waals surface area contributed by atoms with Crippen molar-refractivity contribution < 1.29 is 14.7 Å². The summed E-state index contributed by atoms with van der Waals surface area (Å²) in [5, 5.41) is 11.5. The Hall–Kier alpha value is -0.550. The zero-order chi connectivity index (χ0) is 10.9. The molecule has 80 valence electrons. The van der Waals surface area contributed by atoms with Gasteiger partial charge in [-0.3, -0.25) is 9.59 Å². The Bertz CT molecular complexity index is 254. The molecular formula is C9H15NO3S. The van der Waals surface area contributed by atoms with Gasteiger partial charge in [-0.1, -0.05) is 13.8 Å². The number of rotatable bonds is 3. The van der Waals surface area contributed by atoms with Crippen molar-refractivity contribution in [2.75, 3.05) is 6.54 Å². The largest absolute Gasteiger partial charge is 0.480 e. The molecule has 1 rings (SSSR count). The molecule has 4 nitrogen and oxygen atoms in total. The van der Waals surface area contributed by atoms with Crippen LogP contribution in [0.2, 0.25) is 0 Å². The zero-order valence-corrected chi connectivity index (χ0v) is 9.12. The lowest BCUT2D eigenvalue weighted by Crippen LogP contribution is -2.41. The van der Waals surface area contributed by atoms with E-state index in [1.54, 1.807) is 13.8 Å². The van der Waals surface area contributed by atoms with Gasteiger partial charge < -0.3 is 10.4 Å². The molecular weight excluding hydrogens is 202 g/mol. The number of carbonyl (C=O) groups excluding carboxylic acids is 1. The van der Waals surface area contributed by atoms with Crippen LogP contribution in [0.15, 0.2) is 0 Å². The lowest BCUT2D eigenvalue weighted by Gasteiger charge is -2.19. The van der Waals surface area contributed by atoms with Gasteiger partial charge in [0.1, 0.15) is 11.8 Å². The topological polar surface area (TPSA) is 66.4 Å². The fraction of sp³-hybridized carbons (Fsp3) is 0.778. The second-order valence-corrected chi connectivity index (χ2v) is 4.54. The molecule has 1 aliphatic heterocycles. The van der Waals surface area contributed by atoms with Crippen LogP contribution in [0.25, 0.3) is 0 Å². The number of carboxylic acid groups (broad SMARTS) is 1. The minimum Gasteiger partial charge on any atom is -0.480 e. The van der Waals surface area contributed by atoms with Gasteiger partial charge in [0.05, 0.1) is 5.92 Å². The highest BCUT2D eigenvalue weighted by Crippen LogP contribution is 2.24. The Morgan fingerprint density at radius 3 is 2.50 bits per heavy atom. The lowest BCUT2D eigenvalue weighted by molar-refractivity contribution is -0.143. The van der Waals surface area contributed by atoms with Crippen LogP contribution >= 0.6 is 12.6 Å². The molecule has 3 atom stereocenters. The van der Waals surface area contributed by atoms with E-state index >= 15 is 0 Å². The van der Waals surface area contributed by atoms with Gasteiger partial charge in [-0.05, 0) is 0 Å². The highest BCUT2D eigenvalue weighted by molar-refractivity contribution is 7.81. The van der Waals surface area contributed by atoms with Crippen molar-refractivity contribution in [2.45, 2.75) is 25.1 Å². The predicted molar refractivity (Wildman–Crippen MR) is 55.5 cm³/mol. The number of carboxylic acids is 1. The first-order chi connectivity index (χ1) is 6.45. The van der Waals surface area contributed by atoms with Crippen molar-refractivity contribution in [3.8, 4) is 0 Å². The summed E-state index contributed by atoms with van der Waals surface area (Å²) < 4.78 is 0. The van der Waals surface area contributed by atoms with Crippen LogP contribution < -0.4 is 5.32 Å². The smallest absolute Gasteiger partial charge is 0.321 e. The van der Waals surface area contributed by atoms with E-state index in [4.69, 9.17) is 5.11 Å². The van der Waals surface area contributed by atoms with Crippen molar-refractivity contribution >= 4 is 24.4 Å². The predicted octanol–water partition coefficient (Wildman–Crippen LogP) is 0.182. The molecule has 2 N–H and O–H groups in total. The minimum absolute atomic E-state index is 0.0256. The SMILES string of the molecule is CC(C)C(=O)C1C(S)CN[C@@H]1C(=O)O. The Morgan fingerprint density at radius 2 is 2.07 bits per heavy atom. The molecule has 0 radical (unpaired) electrons. The van der Waals surface area contributed by atoms with E-state index in [-0.39, 0.29) is 17.0 Å². The summed E-state index contributed by atoms with van der Waals surface area (Å²) in [6.45, 7) is 4.03. The van der Waals surface area contributed by atoms with Gasteiger partial charge in [0.15, 0.2) is 0 Å². The van der Waals surface area contributed by atoms with Crippen LogP contribution in [0.1, 0.15) is 13.8 Å². The zero-order valence-electron chi connectivity index (χ0n) is 8.23. The Balaban J connectivity index is 2.81. The van der Waals surface area contributed by atoms with Crippen LogP contribution in [0.4, 0.5) is 0 Å². The van der Waals surface area contributed by atoms with E-state index < -0.39 is 17.9 Å². The molecule has 0 aromatic heterocycles. The van der Waals surface area contributed by atoms with Gasteiger partial charge in [-0.2, -0.15) is 12.6 Å². The molecule has 0 aromatic carbocycles. The van der Waals surface area contributed by atoms with Crippen LogP contribution in [0, 0.1) is 11.8 Å². The molecule has 1 heterocycles. The van der Waals surface area contributed by atoms with Gasteiger partial charge in [-0.25, -0.2) is 0 Å². The maximum absolute atomic E-state index is 11.7. The number of Topliss-reactive ketones (excluding diaryl/α,β-unsaturated/α-hetero) is 1. The van der Waals surface area contributed by atoms with E-state index in [0.717, 1.165) is 0 Å². The van der Waals surface area contributed by atoms with Crippen LogP contribution in [0.3, 0.4) is 0 Å². The normalized spacial score (nSPS) is 32.1. The van der Waals surface area contributed by atoms with Gasteiger partial charge in [-0.15, -0.1) is 0 Å². The number of thiol groups is 1. The van der Waals surface area contributed by atoms with Gasteiger partial charge >= 0.3 is 5.97 Å². The molecule has 1 saturated heterocycles. The molecule has 2 unspecified atom stereocenters. The van der Waals surface area contributed by atoms with Crippen molar-refractivity contribution in [1.82, 2.24) is 5.32 Å². The minimum atomic E-state index is -0.972. The van der Waals surface area contributed by atoms with Gasteiger partial charge in [0.25, 0.3) is 0 Å². The molecule has 0 bridgehead atoms. The summed E-state index contributed by atoms with van der Waals surface area (Å²) >= 11 is 4.23. The number of hydrogen-bond acceptors (Lipinski definition) is 4. The summed E-state index contributed by atoms with van der Waals surface area (Å²) in [6.07, 6.45) is 0. The first kappa shape index (κ1) is 11.5. The summed E-state index contributed by atoms with van der Waals surface area (Å²) in [5.74, 6) is -1.64. The Labute approximate surface area is 88.5 Å². The fourth-order valence-corrected chi connectivity index (χ4v) is 2.13. The molecule has 0 spiro atoms. The first-order valence-electron chi connectivity index (χ1n) is 4.63. The van der Waals surface area contributed by atoms with Crippen molar-refractivity contribution in [1.29, 1.82) is 0 Å². The molecule has 1 aliphatic rings. The first-order valence-corrected chi connectivity index (χ1v) is 5.14. The summed E-state index contributed by atoms with van der Waals surface area (Å²) in [6, 6.07) is -0.771. The molecule has 14 heavy (non-hydrogen) atoms. The quantitative estimate of drug-likeness (QED) is 0.590. The average Bonchev–Trinajstić information content (AvgIpc) is 2.45. The fourth-order valence-electron chi connectivity index (χ4n) is 1.70. The number of aliphatic carboxylic acids is 1. The number of carbonyl (C=O) groups is 2. The molecule has 1 fully saturated rings. The molecule has 0 saturated carbocycles. The van der Waals surface area contributed by atoms with Gasteiger partial charge in [0, 0.05) is 17.7 Å². The number of hydrogen-bond donors (Lipinski definition) is 3. The van der Waals surface area contributed by atoms with Crippen LogP contribution in [-0.2, 0) is 9.59 Å². The summed E-state index contributed by atoms with van der Waals surface area (Å²) in [5.41, 5.74) is 0. The van der Waals surface area contributed by atoms with E-state index in [1.807, 2.05) is 0 Å². The van der Waals surface area contributed by atoms with E-state index in [0.29, 0.717) is 6.54 Å². The molecule has 0 amide bonds. The summed E-state index contributed by atoms with van der Waals surface area (Å²) in [7, 11) is 0. The maximum Gasteiger partial charge on any atom is 0.321 e. The second-order valence-electron chi connectivity index (χ2n) is 3.87. The third-order valence-corrected chi connectivity index (χ3v) is 2.99. The monoisotopic (exact) mass is 217 g/mol. The van der Waals surface area contributed by atoms with E-state index in [2.05, 4.69) is 17.9 Å². The van der Waals surface area contributed by atoms with Crippen LogP contribution in [0.5, 0.6) is 0 Å². The Morgan fingerprint density at radius 1 is 1.50 bits per heavy atom. The second kappa shape index (κ2) is 4.31. The highest BCUT2D eigenvalue weighted by Gasteiger charge is 2.43. The number of nitrogens with one attached hydrogen (secondary N) is 1. The molecule has 5 heteroatoms. The molecule has 0 aromatic rings. The van der Waals surface area contributed by atoms with Gasteiger partial charge in [0.2, 0.25) is 0 Å². The van der Waals surface area contributed by atoms with E-state index in [9.17, 15) is 9.59 Å². The van der Waals surface area contributed by atoms with Crippen molar-refractivity contribution in [2.24, 2.45) is 11.8 Å². The summed E-state index contributed by atoms with van der Waals surface area (Å²) in [4.78, 5) is 22.6. The van der Waals surface area contributed by atoms with Crippen LogP contribution in [-0.4, -0.2) is 34.7 Å². The average molecular weight is 217 g/mol. The maximum atomic E-state index is 11.7. The number of ketones is 1. The third-order valence-electron chi connectivity index (χ3n) is 2.48. The molecule has 0 aliphatic carbocycles. The van der Waals surface area contributed by atoms with E-state index in [1.165, 1.54) is 0 Å².